The number of nitrogens with zero attached hydrogens (tertiary/aromatic N) is 3. The summed E-state index contributed by atoms with van der Waals surface area (Å²) in [6.07, 6.45) is 3.45. The van der Waals surface area contributed by atoms with Crippen LogP contribution in [0, 0.1) is 0 Å². The molecule has 3 aromatic rings. The molecule has 0 bridgehead atoms. The summed E-state index contributed by atoms with van der Waals surface area (Å²) in [5.41, 5.74) is 7.32. The van der Waals surface area contributed by atoms with Crippen molar-refractivity contribution in [1.82, 2.24) is 14.8 Å². The molecule has 0 spiro atoms. The maximum atomic E-state index is 5.62. The van der Waals surface area contributed by atoms with Gasteiger partial charge in [0.1, 0.15) is 5.01 Å². The minimum absolute atomic E-state index is 0.661. The van der Waals surface area contributed by atoms with E-state index in [9.17, 15) is 0 Å². The van der Waals surface area contributed by atoms with E-state index in [1.165, 1.54) is 4.70 Å². The number of thiazole rings is 1. The van der Waals surface area contributed by atoms with Crippen LogP contribution < -0.4 is 5.73 Å². The Morgan fingerprint density at radius 1 is 1.41 bits per heavy atom. The SMILES string of the molecule is Nc1cnn(Cc2nc3ccc(Br)cc3s2)c1. The van der Waals surface area contributed by atoms with Crippen LogP contribution >= 0.6 is 27.3 Å². The topological polar surface area (TPSA) is 56.7 Å². The quantitative estimate of drug-likeness (QED) is 0.792. The smallest absolute Gasteiger partial charge is 0.115 e. The molecule has 2 N–H and O–H groups in total. The molecule has 2 heterocycles. The van der Waals surface area contributed by atoms with Gasteiger partial charge in [0.25, 0.3) is 0 Å². The lowest BCUT2D eigenvalue weighted by Gasteiger charge is -1.94. The zero-order valence-corrected chi connectivity index (χ0v) is 11.2. The molecule has 3 rings (SSSR count). The van der Waals surface area contributed by atoms with Crippen molar-refractivity contribution in [3.63, 3.8) is 0 Å². The summed E-state index contributed by atoms with van der Waals surface area (Å²) in [5, 5.41) is 5.18. The number of fused-ring (bicyclic) bond motifs is 1. The molecule has 0 atom stereocenters. The molecule has 0 aliphatic carbocycles. The van der Waals surface area contributed by atoms with E-state index in [1.54, 1.807) is 22.2 Å². The Morgan fingerprint density at radius 2 is 2.29 bits per heavy atom. The number of nitrogen functional groups attached to an aromatic ring is 1. The second-order valence-electron chi connectivity index (χ2n) is 3.69. The zero-order chi connectivity index (χ0) is 11.8. The molecule has 0 fully saturated rings. The van der Waals surface area contributed by atoms with Crippen molar-refractivity contribution < 1.29 is 0 Å². The Balaban J connectivity index is 1.95. The molecule has 0 amide bonds. The van der Waals surface area contributed by atoms with Gasteiger partial charge in [-0.2, -0.15) is 5.10 Å². The highest BCUT2D eigenvalue weighted by molar-refractivity contribution is 9.10. The van der Waals surface area contributed by atoms with Gasteiger partial charge in [-0.1, -0.05) is 15.9 Å². The highest BCUT2D eigenvalue weighted by atomic mass is 79.9. The normalized spacial score (nSPS) is 11.1. The minimum Gasteiger partial charge on any atom is -0.396 e. The van der Waals surface area contributed by atoms with Crippen molar-refractivity contribution in [2.24, 2.45) is 0 Å². The molecule has 4 nitrogen and oxygen atoms in total. The molecule has 2 aromatic heterocycles. The van der Waals surface area contributed by atoms with E-state index in [1.807, 2.05) is 18.3 Å². The van der Waals surface area contributed by atoms with Gasteiger partial charge < -0.3 is 5.73 Å². The third kappa shape index (κ3) is 2.18. The first kappa shape index (κ1) is 10.7. The van der Waals surface area contributed by atoms with E-state index in [0.29, 0.717) is 12.2 Å². The summed E-state index contributed by atoms with van der Waals surface area (Å²) in [6, 6.07) is 6.09. The van der Waals surface area contributed by atoms with Gasteiger partial charge in [-0.3, -0.25) is 4.68 Å². The number of nitrogens with two attached hydrogens (primary N) is 1. The standard InChI is InChI=1S/C11H9BrN4S/c12-7-1-2-9-10(3-7)17-11(15-9)6-16-5-8(13)4-14-16/h1-5H,6,13H2. The third-order valence-electron chi connectivity index (χ3n) is 2.35. The second-order valence-corrected chi connectivity index (χ2v) is 5.72. The van der Waals surface area contributed by atoms with Crippen LogP contribution in [0.1, 0.15) is 5.01 Å². The molecular formula is C11H9BrN4S. The minimum atomic E-state index is 0.661. The number of halogens is 1. The van der Waals surface area contributed by atoms with E-state index in [4.69, 9.17) is 5.73 Å². The van der Waals surface area contributed by atoms with Crippen molar-refractivity contribution in [3.8, 4) is 0 Å². The van der Waals surface area contributed by atoms with Gasteiger partial charge in [0.15, 0.2) is 0 Å². The highest BCUT2D eigenvalue weighted by Gasteiger charge is 2.05. The van der Waals surface area contributed by atoms with Gasteiger partial charge in [-0.05, 0) is 18.2 Å². The number of aromatic nitrogens is 3. The molecule has 0 unspecified atom stereocenters. The number of rotatable bonds is 2. The van der Waals surface area contributed by atoms with E-state index >= 15 is 0 Å². The average molecular weight is 309 g/mol. The molecule has 0 saturated carbocycles. The third-order valence-corrected chi connectivity index (χ3v) is 3.84. The van der Waals surface area contributed by atoms with Crippen LogP contribution in [0.2, 0.25) is 0 Å². The zero-order valence-electron chi connectivity index (χ0n) is 8.80. The summed E-state index contributed by atoms with van der Waals surface area (Å²) in [4.78, 5) is 4.55. The van der Waals surface area contributed by atoms with Crippen LogP contribution in [0.5, 0.6) is 0 Å². The Kier molecular flexibility index (Phi) is 2.60. The van der Waals surface area contributed by atoms with Crippen LogP contribution in [-0.4, -0.2) is 14.8 Å². The summed E-state index contributed by atoms with van der Waals surface area (Å²) in [6.45, 7) is 0.661. The molecule has 17 heavy (non-hydrogen) atoms. The number of hydrogen-bond acceptors (Lipinski definition) is 4. The van der Waals surface area contributed by atoms with Crippen LogP contribution in [-0.2, 0) is 6.54 Å². The lowest BCUT2D eigenvalue weighted by molar-refractivity contribution is 0.684. The highest BCUT2D eigenvalue weighted by Crippen LogP contribution is 2.25. The number of benzene rings is 1. The first-order chi connectivity index (χ1) is 8.20. The fourth-order valence-corrected chi connectivity index (χ4v) is 3.13. The molecule has 1 aromatic carbocycles. The van der Waals surface area contributed by atoms with Crippen molar-refractivity contribution in [2.45, 2.75) is 6.54 Å². The predicted octanol–water partition coefficient (Wildman–Crippen LogP) is 2.89. The average Bonchev–Trinajstić information content (AvgIpc) is 2.84. The molecule has 0 radical (unpaired) electrons. The van der Waals surface area contributed by atoms with Gasteiger partial charge in [0.05, 0.1) is 28.6 Å². The van der Waals surface area contributed by atoms with E-state index in [0.717, 1.165) is 15.0 Å². The Hall–Kier alpha value is -1.40. The molecule has 0 saturated heterocycles. The predicted molar refractivity (Wildman–Crippen MR) is 73.1 cm³/mol. The van der Waals surface area contributed by atoms with Crippen LogP contribution in [0.25, 0.3) is 10.2 Å². The van der Waals surface area contributed by atoms with Crippen LogP contribution in [0.15, 0.2) is 35.1 Å². The van der Waals surface area contributed by atoms with E-state index < -0.39 is 0 Å². The largest absolute Gasteiger partial charge is 0.396 e. The van der Waals surface area contributed by atoms with Gasteiger partial charge in [0.2, 0.25) is 0 Å². The lowest BCUT2D eigenvalue weighted by Crippen LogP contribution is -1.98. The van der Waals surface area contributed by atoms with Crippen LogP contribution in [0.4, 0.5) is 5.69 Å². The first-order valence-electron chi connectivity index (χ1n) is 5.03. The van der Waals surface area contributed by atoms with Crippen LogP contribution in [0.3, 0.4) is 0 Å². The Bertz CT molecular complexity index is 673. The maximum Gasteiger partial charge on any atom is 0.115 e. The van der Waals surface area contributed by atoms with Gasteiger partial charge in [-0.25, -0.2) is 4.98 Å². The van der Waals surface area contributed by atoms with Gasteiger partial charge in [0, 0.05) is 10.7 Å². The van der Waals surface area contributed by atoms with Gasteiger partial charge in [-0.15, -0.1) is 11.3 Å². The second kappa shape index (κ2) is 4.12. The van der Waals surface area contributed by atoms with Gasteiger partial charge >= 0.3 is 0 Å². The van der Waals surface area contributed by atoms with E-state index in [2.05, 4.69) is 32.1 Å². The van der Waals surface area contributed by atoms with E-state index in [-0.39, 0.29) is 0 Å². The fourth-order valence-electron chi connectivity index (χ4n) is 1.62. The maximum absolute atomic E-state index is 5.62. The first-order valence-corrected chi connectivity index (χ1v) is 6.64. The fraction of sp³-hybridized carbons (Fsp3) is 0.0909. The number of anilines is 1. The lowest BCUT2D eigenvalue weighted by atomic mass is 10.3. The molecule has 0 aliphatic rings. The molecule has 0 aliphatic heterocycles. The van der Waals surface area contributed by atoms with Crippen molar-refractivity contribution in [3.05, 3.63) is 40.1 Å². The number of hydrogen-bond donors (Lipinski definition) is 1. The summed E-state index contributed by atoms with van der Waals surface area (Å²) >= 11 is 5.13. The summed E-state index contributed by atoms with van der Waals surface area (Å²) in [5.74, 6) is 0. The van der Waals surface area contributed by atoms with Crippen molar-refractivity contribution in [1.29, 1.82) is 0 Å². The summed E-state index contributed by atoms with van der Waals surface area (Å²) < 4.78 is 4.04. The monoisotopic (exact) mass is 308 g/mol. The van der Waals surface area contributed by atoms with Crippen molar-refractivity contribution in [2.75, 3.05) is 5.73 Å². The molecule has 6 heteroatoms. The Morgan fingerprint density at radius 3 is 3.06 bits per heavy atom. The van der Waals surface area contributed by atoms with Crippen molar-refractivity contribution >= 4 is 43.2 Å². The molecule has 86 valence electrons. The molecular weight excluding hydrogens is 300 g/mol. The summed E-state index contributed by atoms with van der Waals surface area (Å²) in [7, 11) is 0. The Labute approximate surface area is 110 Å².